The van der Waals surface area contributed by atoms with E-state index in [1.807, 2.05) is 0 Å². The van der Waals surface area contributed by atoms with Gasteiger partial charge in [-0.1, -0.05) is 17.7 Å². The van der Waals surface area contributed by atoms with Gasteiger partial charge in [0.25, 0.3) is 0 Å². The van der Waals surface area contributed by atoms with Crippen molar-refractivity contribution in [3.8, 4) is 0 Å². The van der Waals surface area contributed by atoms with Gasteiger partial charge in [0.05, 0.1) is 18.1 Å². The van der Waals surface area contributed by atoms with Crippen LogP contribution in [0.5, 0.6) is 0 Å². The number of halogens is 2. The first kappa shape index (κ1) is 18.1. The third-order valence-electron chi connectivity index (χ3n) is 4.88. The zero-order valence-electron chi connectivity index (χ0n) is 13.6. The Labute approximate surface area is 147 Å². The predicted molar refractivity (Wildman–Crippen MR) is 91.5 cm³/mol. The van der Waals surface area contributed by atoms with Crippen molar-refractivity contribution >= 4 is 21.4 Å². The first-order valence-electron chi connectivity index (χ1n) is 8.01. The normalized spacial score (nSPS) is 27.3. The van der Waals surface area contributed by atoms with Crippen molar-refractivity contribution in [1.29, 1.82) is 0 Å². The second-order valence-corrected chi connectivity index (χ2v) is 9.01. The summed E-state index contributed by atoms with van der Waals surface area (Å²) >= 11 is 6.13. The maximum atomic E-state index is 13.2. The third-order valence-corrected chi connectivity index (χ3v) is 6.93. The number of benzene rings is 1. The van der Waals surface area contributed by atoms with Crippen molar-refractivity contribution in [1.82, 2.24) is 9.80 Å². The van der Waals surface area contributed by atoms with Crippen LogP contribution in [0, 0.1) is 5.82 Å². The van der Waals surface area contributed by atoms with E-state index in [2.05, 4.69) is 9.80 Å². The molecule has 0 radical (unpaired) electrons. The van der Waals surface area contributed by atoms with Crippen LogP contribution < -0.4 is 0 Å². The summed E-state index contributed by atoms with van der Waals surface area (Å²) in [7, 11) is -1.40. The van der Waals surface area contributed by atoms with Crippen LogP contribution in [0.25, 0.3) is 0 Å². The molecule has 0 aromatic heterocycles. The molecule has 2 atom stereocenters. The molecule has 0 N–H and O–H groups in total. The van der Waals surface area contributed by atoms with E-state index in [1.165, 1.54) is 12.1 Å². The number of piperazine rings is 1. The Hall–Kier alpha value is -0.730. The van der Waals surface area contributed by atoms with Gasteiger partial charge in [-0.2, -0.15) is 0 Å². The minimum Gasteiger partial charge on any atom is -0.383 e. The number of sulfone groups is 1. The van der Waals surface area contributed by atoms with E-state index in [4.69, 9.17) is 16.3 Å². The minimum absolute atomic E-state index is 0.0156. The molecule has 2 fully saturated rings. The number of rotatable bonds is 5. The van der Waals surface area contributed by atoms with Gasteiger partial charge in [-0.05, 0) is 17.7 Å². The Kier molecular flexibility index (Phi) is 5.46. The first-order chi connectivity index (χ1) is 11.4. The maximum Gasteiger partial charge on any atom is 0.153 e. The average molecular weight is 377 g/mol. The van der Waals surface area contributed by atoms with E-state index in [9.17, 15) is 12.8 Å². The highest BCUT2D eigenvalue weighted by Crippen LogP contribution is 2.29. The molecule has 0 aliphatic carbocycles. The van der Waals surface area contributed by atoms with Gasteiger partial charge >= 0.3 is 0 Å². The fourth-order valence-electron chi connectivity index (χ4n) is 3.65. The highest BCUT2D eigenvalue weighted by Gasteiger charge is 2.46. The predicted octanol–water partition coefficient (Wildman–Crippen LogP) is 1.41. The molecule has 0 unspecified atom stereocenters. The minimum atomic E-state index is -3.05. The molecule has 0 bridgehead atoms. The van der Waals surface area contributed by atoms with Crippen molar-refractivity contribution in [2.75, 3.05) is 44.9 Å². The molecule has 2 saturated heterocycles. The lowest BCUT2D eigenvalue weighted by atomic mass is 10.0. The van der Waals surface area contributed by atoms with Crippen LogP contribution >= 0.6 is 11.6 Å². The highest BCUT2D eigenvalue weighted by atomic mass is 35.5. The second kappa shape index (κ2) is 7.25. The van der Waals surface area contributed by atoms with Gasteiger partial charge in [-0.3, -0.25) is 9.80 Å². The number of methoxy groups -OCH3 is 1. The summed E-state index contributed by atoms with van der Waals surface area (Å²) in [5.74, 6) is -0.0101. The smallest absolute Gasteiger partial charge is 0.153 e. The molecule has 8 heteroatoms. The molecule has 5 nitrogen and oxygen atoms in total. The number of hydrogen-bond acceptors (Lipinski definition) is 5. The molecule has 3 rings (SSSR count). The summed E-state index contributed by atoms with van der Waals surface area (Å²) < 4.78 is 42.7. The average Bonchev–Trinajstić information content (AvgIpc) is 2.84. The summed E-state index contributed by atoms with van der Waals surface area (Å²) in [6.45, 7) is 3.41. The topological polar surface area (TPSA) is 49.9 Å². The molecule has 1 aromatic carbocycles. The van der Waals surface area contributed by atoms with E-state index in [1.54, 1.807) is 13.2 Å². The summed E-state index contributed by atoms with van der Waals surface area (Å²) in [5.41, 5.74) is 0.825. The van der Waals surface area contributed by atoms with Crippen LogP contribution in [-0.2, 0) is 21.1 Å². The summed E-state index contributed by atoms with van der Waals surface area (Å²) in [6, 6.07) is 4.29. The van der Waals surface area contributed by atoms with Gasteiger partial charge in [0, 0.05) is 50.4 Å². The Morgan fingerprint density at radius 2 is 1.92 bits per heavy atom. The zero-order chi connectivity index (χ0) is 17.3. The van der Waals surface area contributed by atoms with Crippen molar-refractivity contribution in [2.45, 2.75) is 18.6 Å². The van der Waals surface area contributed by atoms with Gasteiger partial charge in [0.2, 0.25) is 0 Å². The van der Waals surface area contributed by atoms with Crippen LogP contribution in [0.4, 0.5) is 4.39 Å². The molecule has 2 aliphatic heterocycles. The van der Waals surface area contributed by atoms with Gasteiger partial charge in [-0.15, -0.1) is 0 Å². The van der Waals surface area contributed by atoms with E-state index >= 15 is 0 Å². The van der Waals surface area contributed by atoms with Crippen LogP contribution in [0.2, 0.25) is 5.02 Å². The van der Waals surface area contributed by atoms with Crippen LogP contribution in [0.3, 0.4) is 0 Å². The molecule has 2 heterocycles. The largest absolute Gasteiger partial charge is 0.383 e. The second-order valence-electron chi connectivity index (χ2n) is 6.45. The molecule has 2 aliphatic rings. The molecule has 0 saturated carbocycles. The lowest BCUT2D eigenvalue weighted by Gasteiger charge is -2.44. The van der Waals surface area contributed by atoms with Crippen molar-refractivity contribution in [3.63, 3.8) is 0 Å². The summed E-state index contributed by atoms with van der Waals surface area (Å²) in [6.07, 6.45) is 0. The number of ether oxygens (including phenoxy) is 1. The fraction of sp³-hybridized carbons (Fsp3) is 0.625. The first-order valence-corrected chi connectivity index (χ1v) is 10.2. The molecule has 1 aromatic rings. The number of fused-ring (bicyclic) bond motifs is 1. The summed E-state index contributed by atoms with van der Waals surface area (Å²) in [5, 5.41) is 0.384. The lowest BCUT2D eigenvalue weighted by Crippen LogP contribution is -2.59. The Morgan fingerprint density at radius 1 is 1.25 bits per heavy atom. The molecule has 134 valence electrons. The number of nitrogens with zero attached hydrogens (tertiary/aromatic N) is 2. The Bertz CT molecular complexity index is 701. The Balaban J connectivity index is 1.77. The molecule has 0 spiro atoms. The van der Waals surface area contributed by atoms with Crippen molar-refractivity contribution in [2.24, 2.45) is 0 Å². The third kappa shape index (κ3) is 3.91. The van der Waals surface area contributed by atoms with E-state index in [-0.39, 0.29) is 29.4 Å². The standard InChI is InChI=1S/C16H22ClFN2O3S/c1-23-7-6-19-4-5-20(16-11-24(21,22)10-15(16)19)9-12-2-3-13(18)8-14(12)17/h2-3,8,15-16H,4-7,9-11H2,1H3/t15-,16+/m0/s1. The van der Waals surface area contributed by atoms with Gasteiger partial charge in [0.1, 0.15) is 5.82 Å². The molecular weight excluding hydrogens is 355 g/mol. The SMILES string of the molecule is COCCN1CCN(Cc2ccc(F)cc2Cl)[C@@H]2CS(=O)(=O)C[C@@H]21. The summed E-state index contributed by atoms with van der Waals surface area (Å²) in [4.78, 5) is 4.37. The van der Waals surface area contributed by atoms with E-state index in [0.717, 1.165) is 25.2 Å². The van der Waals surface area contributed by atoms with Gasteiger partial charge in [0.15, 0.2) is 9.84 Å². The monoisotopic (exact) mass is 376 g/mol. The molecular formula is C16H22ClFN2O3S. The van der Waals surface area contributed by atoms with Crippen LogP contribution in [0.15, 0.2) is 18.2 Å². The molecule has 24 heavy (non-hydrogen) atoms. The van der Waals surface area contributed by atoms with Gasteiger partial charge in [-0.25, -0.2) is 12.8 Å². The Morgan fingerprint density at radius 3 is 2.58 bits per heavy atom. The van der Waals surface area contributed by atoms with Crippen LogP contribution in [0.1, 0.15) is 5.56 Å². The molecule has 0 amide bonds. The number of hydrogen-bond donors (Lipinski definition) is 0. The fourth-order valence-corrected chi connectivity index (χ4v) is 5.92. The van der Waals surface area contributed by atoms with Crippen molar-refractivity contribution < 1.29 is 17.5 Å². The maximum absolute atomic E-state index is 13.2. The quantitative estimate of drug-likeness (QED) is 0.777. The lowest BCUT2D eigenvalue weighted by molar-refractivity contribution is 0.0253. The van der Waals surface area contributed by atoms with Crippen LogP contribution in [-0.4, -0.2) is 75.2 Å². The van der Waals surface area contributed by atoms with E-state index < -0.39 is 9.84 Å². The van der Waals surface area contributed by atoms with E-state index in [0.29, 0.717) is 18.2 Å². The van der Waals surface area contributed by atoms with Crippen molar-refractivity contribution in [3.05, 3.63) is 34.6 Å². The van der Waals surface area contributed by atoms with Gasteiger partial charge < -0.3 is 4.74 Å². The highest BCUT2D eigenvalue weighted by molar-refractivity contribution is 7.91. The zero-order valence-corrected chi connectivity index (χ0v) is 15.2.